The van der Waals surface area contributed by atoms with E-state index in [-0.39, 0.29) is 0 Å². The predicted molar refractivity (Wildman–Crippen MR) is 68.3 cm³/mol. The van der Waals surface area contributed by atoms with Crippen molar-refractivity contribution in [1.82, 2.24) is 4.98 Å². The van der Waals surface area contributed by atoms with Crippen LogP contribution in [0.3, 0.4) is 0 Å². The van der Waals surface area contributed by atoms with Crippen LogP contribution < -0.4 is 0 Å². The molecule has 0 saturated carbocycles. The minimum Gasteiger partial charge on any atom is -0.366 e. The van der Waals surface area contributed by atoms with Crippen molar-refractivity contribution in [2.45, 2.75) is 0 Å². The zero-order chi connectivity index (χ0) is 11.8. The molecule has 0 aliphatic heterocycles. The molecule has 0 radical (unpaired) electrons. The predicted octanol–water partition coefficient (Wildman–Crippen LogP) is 3.20. The van der Waals surface area contributed by atoms with Gasteiger partial charge in [-0.2, -0.15) is 0 Å². The van der Waals surface area contributed by atoms with Gasteiger partial charge in [0, 0.05) is 21.8 Å². The van der Waals surface area contributed by atoms with Gasteiger partial charge in [-0.05, 0) is 0 Å². The van der Waals surface area contributed by atoms with Crippen LogP contribution in [0, 0.1) is 24.7 Å². The van der Waals surface area contributed by atoms with E-state index in [9.17, 15) is 0 Å². The molecular formula is C16H7N-2. The molecule has 0 saturated heterocycles. The number of aromatic amines is 1. The average Bonchev–Trinajstić information content (AvgIpc) is 2.74. The van der Waals surface area contributed by atoms with E-state index in [0.29, 0.717) is 0 Å². The summed E-state index contributed by atoms with van der Waals surface area (Å²) in [6.07, 6.45) is 14.2. The standard InChI is InChI=1S/C16H7N/c1-3-11-5-7-13-14-8-6-12(4-2)10-16(14)17-15(13)9-11/h5-10,17H/q-2. The van der Waals surface area contributed by atoms with Crippen molar-refractivity contribution >= 4 is 21.8 Å². The molecule has 1 heterocycles. The van der Waals surface area contributed by atoms with Gasteiger partial charge < -0.3 is 17.8 Å². The van der Waals surface area contributed by atoms with Gasteiger partial charge in [0.1, 0.15) is 0 Å². The number of hydrogen-bond acceptors (Lipinski definition) is 0. The van der Waals surface area contributed by atoms with E-state index in [1.54, 1.807) is 0 Å². The fourth-order valence-electron chi connectivity index (χ4n) is 2.07. The molecule has 0 fully saturated rings. The van der Waals surface area contributed by atoms with E-state index in [1.807, 2.05) is 36.4 Å². The second-order valence-corrected chi connectivity index (χ2v) is 3.90. The van der Waals surface area contributed by atoms with Gasteiger partial charge in [0.2, 0.25) is 0 Å². The van der Waals surface area contributed by atoms with Crippen LogP contribution in [-0.4, -0.2) is 4.98 Å². The third-order valence-corrected chi connectivity index (χ3v) is 2.89. The lowest BCUT2D eigenvalue weighted by Gasteiger charge is -2.00. The van der Waals surface area contributed by atoms with Crippen LogP contribution in [0.2, 0.25) is 0 Å². The molecule has 78 valence electrons. The van der Waals surface area contributed by atoms with Gasteiger partial charge in [0.15, 0.2) is 0 Å². The number of aromatic nitrogens is 1. The highest BCUT2D eigenvalue weighted by molar-refractivity contribution is 6.07. The fraction of sp³-hybridized carbons (Fsp3) is 0. The van der Waals surface area contributed by atoms with Gasteiger partial charge in [-0.25, -0.2) is 0 Å². The zero-order valence-corrected chi connectivity index (χ0v) is 8.96. The Bertz CT molecular complexity index is 739. The van der Waals surface area contributed by atoms with Crippen molar-refractivity contribution in [3.8, 4) is 11.8 Å². The van der Waals surface area contributed by atoms with Crippen molar-refractivity contribution in [2.24, 2.45) is 0 Å². The quantitative estimate of drug-likeness (QED) is 0.436. The molecule has 2 aromatic carbocycles. The number of rotatable bonds is 0. The zero-order valence-electron chi connectivity index (χ0n) is 8.96. The van der Waals surface area contributed by atoms with Gasteiger partial charge in [0.05, 0.1) is 0 Å². The largest absolute Gasteiger partial charge is 0.366 e. The maximum absolute atomic E-state index is 7.12. The molecule has 1 heteroatoms. The molecular weight excluding hydrogens is 206 g/mol. The summed E-state index contributed by atoms with van der Waals surface area (Å²) in [7, 11) is 0. The summed E-state index contributed by atoms with van der Waals surface area (Å²) in [5, 5.41) is 2.24. The van der Waals surface area contributed by atoms with Gasteiger partial charge in [0.25, 0.3) is 0 Å². The summed E-state index contributed by atoms with van der Waals surface area (Å²) in [6.45, 7) is 0. The Balaban J connectivity index is 2.42. The first kappa shape index (κ1) is 9.58. The Morgan fingerprint density at radius 3 is 1.65 bits per heavy atom. The molecule has 1 aromatic heterocycles. The van der Waals surface area contributed by atoms with Crippen LogP contribution >= 0.6 is 0 Å². The van der Waals surface area contributed by atoms with Crippen molar-refractivity contribution in [2.75, 3.05) is 0 Å². The maximum atomic E-state index is 7.12. The first-order valence-electron chi connectivity index (χ1n) is 5.23. The summed E-state index contributed by atoms with van der Waals surface area (Å²) < 4.78 is 0. The molecule has 0 bridgehead atoms. The Morgan fingerprint density at radius 1 is 0.765 bits per heavy atom. The van der Waals surface area contributed by atoms with E-state index in [1.165, 1.54) is 0 Å². The highest BCUT2D eigenvalue weighted by atomic mass is 14.7. The van der Waals surface area contributed by atoms with E-state index in [4.69, 9.17) is 12.8 Å². The molecule has 3 rings (SSSR count). The van der Waals surface area contributed by atoms with Crippen LogP contribution in [0.25, 0.3) is 21.8 Å². The molecule has 1 N–H and O–H groups in total. The van der Waals surface area contributed by atoms with Gasteiger partial charge in [-0.1, -0.05) is 12.1 Å². The SMILES string of the molecule is [C-]#Cc1ccc2c(c1)[nH]c1cc(C#[C-])ccc12. The lowest BCUT2D eigenvalue weighted by molar-refractivity contribution is 1.53. The Labute approximate surface area is 99.5 Å². The van der Waals surface area contributed by atoms with Crippen LogP contribution in [0.15, 0.2) is 36.4 Å². The highest BCUT2D eigenvalue weighted by Crippen LogP contribution is 2.26. The van der Waals surface area contributed by atoms with Crippen molar-refractivity contribution in [1.29, 1.82) is 0 Å². The molecule has 0 aliphatic rings. The lowest BCUT2D eigenvalue weighted by atomic mass is 10.1. The summed E-state index contributed by atoms with van der Waals surface area (Å²) in [6, 6.07) is 11.5. The number of benzene rings is 2. The summed E-state index contributed by atoms with van der Waals surface area (Å²) in [5.41, 5.74) is 3.48. The molecule has 17 heavy (non-hydrogen) atoms. The first-order chi connectivity index (χ1) is 8.31. The van der Waals surface area contributed by atoms with Crippen LogP contribution in [0.5, 0.6) is 0 Å². The van der Waals surface area contributed by atoms with Crippen molar-refractivity contribution < 1.29 is 0 Å². The molecule has 0 spiro atoms. The Morgan fingerprint density at radius 2 is 1.24 bits per heavy atom. The molecule has 1 nitrogen and oxygen atoms in total. The highest BCUT2D eigenvalue weighted by Gasteiger charge is 2.00. The molecule has 0 aliphatic carbocycles. The minimum absolute atomic E-state index is 0.753. The minimum atomic E-state index is 0.753. The average molecular weight is 213 g/mol. The number of H-pyrrole nitrogens is 1. The van der Waals surface area contributed by atoms with Crippen molar-refractivity contribution in [3.05, 3.63) is 60.4 Å². The van der Waals surface area contributed by atoms with E-state index >= 15 is 0 Å². The summed E-state index contributed by atoms with van der Waals surface area (Å²) >= 11 is 0. The van der Waals surface area contributed by atoms with Crippen molar-refractivity contribution in [3.63, 3.8) is 0 Å². The third kappa shape index (κ3) is 1.38. The fourth-order valence-corrected chi connectivity index (χ4v) is 2.07. The Hall–Kier alpha value is -2.64. The Kier molecular flexibility index (Phi) is 1.94. The third-order valence-electron chi connectivity index (χ3n) is 2.89. The van der Waals surface area contributed by atoms with Crippen LogP contribution in [-0.2, 0) is 0 Å². The lowest BCUT2D eigenvalue weighted by Crippen LogP contribution is -1.73. The van der Waals surface area contributed by atoms with E-state index < -0.39 is 0 Å². The number of hydrogen-bond donors (Lipinski definition) is 1. The van der Waals surface area contributed by atoms with E-state index in [0.717, 1.165) is 32.9 Å². The van der Waals surface area contributed by atoms with E-state index in [2.05, 4.69) is 16.8 Å². The topological polar surface area (TPSA) is 15.8 Å². The molecule has 0 atom stereocenters. The second kappa shape index (κ2) is 3.44. The molecule has 0 unspecified atom stereocenters. The smallest absolute Gasteiger partial charge is 0.0295 e. The van der Waals surface area contributed by atoms with Gasteiger partial charge in [-0.15, -0.1) is 35.4 Å². The molecule has 0 amide bonds. The maximum Gasteiger partial charge on any atom is 0.0295 e. The number of nitrogens with one attached hydrogen (secondary N) is 1. The summed E-state index contributed by atoms with van der Waals surface area (Å²) in [4.78, 5) is 3.28. The summed E-state index contributed by atoms with van der Waals surface area (Å²) in [5.74, 6) is 4.75. The van der Waals surface area contributed by atoms with Gasteiger partial charge in [-0.3, -0.25) is 11.8 Å². The molecule has 3 aromatic rings. The van der Waals surface area contributed by atoms with Crippen LogP contribution in [0.4, 0.5) is 0 Å². The van der Waals surface area contributed by atoms with Gasteiger partial charge >= 0.3 is 0 Å². The number of fused-ring (bicyclic) bond motifs is 3. The first-order valence-corrected chi connectivity index (χ1v) is 5.23. The monoisotopic (exact) mass is 213 g/mol. The normalized spacial score (nSPS) is 10.2. The second-order valence-electron chi connectivity index (χ2n) is 3.90. The van der Waals surface area contributed by atoms with Crippen LogP contribution in [0.1, 0.15) is 11.1 Å².